The van der Waals surface area contributed by atoms with Crippen molar-refractivity contribution in [2.45, 2.75) is 25.3 Å². The third-order valence-corrected chi connectivity index (χ3v) is 7.79. The number of rotatable bonds is 5. The van der Waals surface area contributed by atoms with Crippen LogP contribution in [0, 0.1) is 0 Å². The number of thioether (sulfide) groups is 1. The Bertz CT molecular complexity index is 1420. The van der Waals surface area contributed by atoms with Gasteiger partial charge in [0.05, 0.1) is 31.7 Å². The number of nitrogens with zero attached hydrogens (tertiary/aromatic N) is 2. The Morgan fingerprint density at radius 2 is 1.67 bits per heavy atom. The van der Waals surface area contributed by atoms with E-state index in [0.717, 1.165) is 47.2 Å². The quantitative estimate of drug-likeness (QED) is 0.366. The molecule has 180 valence electrons. The van der Waals surface area contributed by atoms with Gasteiger partial charge in [0.15, 0.2) is 5.17 Å². The number of methoxy groups -OCH3 is 2. The van der Waals surface area contributed by atoms with Gasteiger partial charge in [0.2, 0.25) is 0 Å². The van der Waals surface area contributed by atoms with Crippen molar-refractivity contribution < 1.29 is 9.47 Å². The number of aliphatic imine (C=N–C) groups is 1. The maximum absolute atomic E-state index is 5.62. The lowest BCUT2D eigenvalue weighted by Crippen LogP contribution is -2.34. The highest BCUT2D eigenvalue weighted by molar-refractivity contribution is 8.16. The zero-order valence-corrected chi connectivity index (χ0v) is 21.3. The first-order valence-electron chi connectivity index (χ1n) is 12.3. The Morgan fingerprint density at radius 3 is 2.47 bits per heavy atom. The van der Waals surface area contributed by atoms with Gasteiger partial charge in [-0.2, -0.15) is 0 Å². The van der Waals surface area contributed by atoms with E-state index in [4.69, 9.17) is 14.5 Å². The first-order chi connectivity index (χ1) is 17.7. The van der Waals surface area contributed by atoms with Gasteiger partial charge in [0.1, 0.15) is 11.5 Å². The van der Waals surface area contributed by atoms with Crippen molar-refractivity contribution in [3.05, 3.63) is 118 Å². The number of hydrogen-bond donors (Lipinski definition) is 0. The van der Waals surface area contributed by atoms with Crippen LogP contribution in [0.2, 0.25) is 0 Å². The molecule has 2 aliphatic heterocycles. The van der Waals surface area contributed by atoms with Crippen LogP contribution in [0.1, 0.15) is 42.0 Å². The lowest BCUT2D eigenvalue weighted by atomic mass is 9.82. The van der Waals surface area contributed by atoms with E-state index >= 15 is 0 Å². The second kappa shape index (κ2) is 9.75. The zero-order chi connectivity index (χ0) is 24.5. The summed E-state index contributed by atoms with van der Waals surface area (Å²) in [5, 5.41) is 3.27. The molecule has 4 nitrogen and oxygen atoms in total. The third-order valence-electron chi connectivity index (χ3n) is 6.95. The molecule has 0 amide bonds. The van der Waals surface area contributed by atoms with E-state index in [2.05, 4.69) is 77.0 Å². The molecule has 0 fully saturated rings. The lowest BCUT2D eigenvalue weighted by Gasteiger charge is -2.40. The van der Waals surface area contributed by atoms with Gasteiger partial charge in [-0.1, -0.05) is 66.4 Å². The van der Waals surface area contributed by atoms with Crippen LogP contribution >= 0.6 is 11.8 Å². The largest absolute Gasteiger partial charge is 0.497 e. The summed E-state index contributed by atoms with van der Waals surface area (Å²) < 4.78 is 11.1. The number of fused-ring (bicyclic) bond motifs is 1. The number of allylic oxidation sites excluding steroid dienone is 1. The van der Waals surface area contributed by atoms with E-state index in [0.29, 0.717) is 0 Å². The Hall–Kier alpha value is -3.70. The molecular formula is C31H28N2O2S. The first kappa shape index (κ1) is 22.7. The van der Waals surface area contributed by atoms with Gasteiger partial charge in [0, 0.05) is 5.41 Å². The molecule has 1 atom stereocenters. The predicted molar refractivity (Wildman–Crippen MR) is 149 cm³/mol. The van der Waals surface area contributed by atoms with Crippen LogP contribution in [0.3, 0.4) is 0 Å². The Labute approximate surface area is 216 Å². The first-order valence-corrected chi connectivity index (χ1v) is 13.2. The summed E-state index contributed by atoms with van der Waals surface area (Å²) in [6.45, 7) is 0. The van der Waals surface area contributed by atoms with Crippen molar-refractivity contribution in [3.63, 3.8) is 0 Å². The van der Waals surface area contributed by atoms with Gasteiger partial charge in [-0.25, -0.2) is 4.99 Å². The molecule has 3 aliphatic rings. The fourth-order valence-corrected chi connectivity index (χ4v) is 6.21. The molecule has 0 aromatic heterocycles. The highest BCUT2D eigenvalue weighted by atomic mass is 32.2. The summed E-state index contributed by atoms with van der Waals surface area (Å²) >= 11 is 1.71. The van der Waals surface area contributed by atoms with E-state index in [1.165, 1.54) is 28.0 Å². The van der Waals surface area contributed by atoms with Crippen LogP contribution < -0.4 is 9.47 Å². The average molecular weight is 493 g/mol. The summed E-state index contributed by atoms with van der Waals surface area (Å²) in [7, 11) is 3.44. The second-order valence-electron chi connectivity index (χ2n) is 9.10. The Balaban J connectivity index is 1.50. The van der Waals surface area contributed by atoms with Gasteiger partial charge in [0.25, 0.3) is 0 Å². The molecule has 0 spiro atoms. The van der Waals surface area contributed by atoms with Crippen molar-refractivity contribution >= 4 is 28.7 Å². The standard InChI is InChI=1S/C31H28N2O2S/c1-34-25-14-6-9-21(18-25)17-23-12-8-16-27-29(23)32-31-33(28(20-36-31)22-10-4-3-5-11-22)30(27)24-13-7-15-26(19-24)35-2/h3-7,9-11,13-15,17-20,30H,8,12,16H2,1-2H3/b23-17+. The molecule has 0 saturated heterocycles. The van der Waals surface area contributed by atoms with E-state index in [1.54, 1.807) is 26.0 Å². The van der Waals surface area contributed by atoms with Crippen LogP contribution in [0.25, 0.3) is 11.8 Å². The van der Waals surface area contributed by atoms with Crippen molar-refractivity contribution in [2.75, 3.05) is 14.2 Å². The van der Waals surface area contributed by atoms with Gasteiger partial charge in [-0.05, 0) is 77.4 Å². The molecule has 0 bridgehead atoms. The summed E-state index contributed by atoms with van der Waals surface area (Å²) in [4.78, 5) is 7.70. The molecule has 1 unspecified atom stereocenters. The molecule has 0 radical (unpaired) electrons. The van der Waals surface area contributed by atoms with Crippen molar-refractivity contribution in [2.24, 2.45) is 4.99 Å². The Morgan fingerprint density at radius 1 is 0.889 bits per heavy atom. The highest BCUT2D eigenvalue weighted by Gasteiger charge is 2.40. The molecule has 0 N–H and O–H groups in total. The molecular weight excluding hydrogens is 464 g/mol. The average Bonchev–Trinajstić information content (AvgIpc) is 3.36. The maximum Gasteiger partial charge on any atom is 0.174 e. The van der Waals surface area contributed by atoms with Gasteiger partial charge in [-0.3, -0.25) is 0 Å². The van der Waals surface area contributed by atoms with Crippen LogP contribution in [-0.2, 0) is 0 Å². The summed E-state index contributed by atoms with van der Waals surface area (Å²) in [5.74, 6) is 1.74. The molecule has 2 heterocycles. The minimum absolute atomic E-state index is 0.0677. The van der Waals surface area contributed by atoms with Crippen LogP contribution in [-0.4, -0.2) is 24.3 Å². The Kier molecular flexibility index (Phi) is 6.16. The second-order valence-corrected chi connectivity index (χ2v) is 9.94. The summed E-state index contributed by atoms with van der Waals surface area (Å²) in [6.07, 6.45) is 5.42. The van der Waals surface area contributed by atoms with Gasteiger partial charge < -0.3 is 14.4 Å². The minimum Gasteiger partial charge on any atom is -0.497 e. The van der Waals surface area contributed by atoms with E-state index < -0.39 is 0 Å². The normalized spacial score (nSPS) is 20.0. The topological polar surface area (TPSA) is 34.1 Å². The van der Waals surface area contributed by atoms with Crippen LogP contribution in [0.5, 0.6) is 11.5 Å². The van der Waals surface area contributed by atoms with E-state index in [-0.39, 0.29) is 6.04 Å². The smallest absolute Gasteiger partial charge is 0.174 e. The predicted octanol–water partition coefficient (Wildman–Crippen LogP) is 7.68. The number of benzene rings is 3. The number of hydrogen-bond acceptors (Lipinski definition) is 5. The fraction of sp³-hybridized carbons (Fsp3) is 0.194. The van der Waals surface area contributed by atoms with Crippen molar-refractivity contribution in [3.8, 4) is 11.5 Å². The molecule has 1 aliphatic carbocycles. The third kappa shape index (κ3) is 4.14. The summed E-state index contributed by atoms with van der Waals surface area (Å²) in [6, 6.07) is 27.4. The van der Waals surface area contributed by atoms with Crippen molar-refractivity contribution in [1.82, 2.24) is 4.90 Å². The van der Waals surface area contributed by atoms with E-state index in [9.17, 15) is 0 Å². The minimum atomic E-state index is 0.0677. The van der Waals surface area contributed by atoms with Crippen molar-refractivity contribution in [1.29, 1.82) is 0 Å². The number of amidine groups is 1. The molecule has 6 rings (SSSR count). The molecule has 3 aromatic carbocycles. The number of ether oxygens (including phenoxy) is 2. The molecule has 36 heavy (non-hydrogen) atoms. The highest BCUT2D eigenvalue weighted by Crippen LogP contribution is 2.51. The molecule has 5 heteroatoms. The van der Waals surface area contributed by atoms with Crippen LogP contribution in [0.15, 0.2) is 106 Å². The zero-order valence-electron chi connectivity index (χ0n) is 20.5. The van der Waals surface area contributed by atoms with Gasteiger partial charge in [-0.15, -0.1) is 0 Å². The van der Waals surface area contributed by atoms with Crippen LogP contribution in [0.4, 0.5) is 0 Å². The monoisotopic (exact) mass is 492 g/mol. The van der Waals surface area contributed by atoms with E-state index in [1.807, 2.05) is 18.2 Å². The lowest BCUT2D eigenvalue weighted by molar-refractivity contribution is 0.410. The SMILES string of the molecule is COc1cccc(/C=C2\CCCC3=C2N=C2SC=C(c4ccccc4)N2C3c2cccc(OC)c2)c1. The summed E-state index contributed by atoms with van der Waals surface area (Å²) in [5.41, 5.74) is 8.56. The van der Waals surface area contributed by atoms with Gasteiger partial charge >= 0.3 is 0 Å². The fourth-order valence-electron chi connectivity index (χ4n) is 5.28. The molecule has 3 aromatic rings. The molecule has 0 saturated carbocycles. The maximum atomic E-state index is 5.62.